The summed E-state index contributed by atoms with van der Waals surface area (Å²) in [5, 5.41) is 0. The molecule has 0 heterocycles. The van der Waals surface area contributed by atoms with Crippen molar-refractivity contribution in [3.8, 4) is 0 Å². The molecule has 1 aliphatic carbocycles. The SMILES string of the molecule is [B]CC(=O)OC1(C)CCCC1. The molecule has 0 saturated heterocycles. The average molecular weight is 152 g/mol. The van der Waals surface area contributed by atoms with Crippen molar-refractivity contribution in [2.24, 2.45) is 0 Å². The number of ether oxygens (including phenoxy) is 1. The lowest BCUT2D eigenvalue weighted by atomic mass is 10.0. The summed E-state index contributed by atoms with van der Waals surface area (Å²) < 4.78 is 5.18. The highest BCUT2D eigenvalue weighted by molar-refractivity contribution is 6.18. The van der Waals surface area contributed by atoms with Crippen molar-refractivity contribution < 1.29 is 9.53 Å². The van der Waals surface area contributed by atoms with Gasteiger partial charge in [0.1, 0.15) is 5.60 Å². The fourth-order valence-corrected chi connectivity index (χ4v) is 1.54. The fraction of sp³-hybridized carbons (Fsp3) is 0.875. The number of esters is 1. The van der Waals surface area contributed by atoms with Gasteiger partial charge in [0.15, 0.2) is 0 Å². The van der Waals surface area contributed by atoms with Crippen LogP contribution in [0.5, 0.6) is 0 Å². The first-order valence-electron chi connectivity index (χ1n) is 4.08. The Morgan fingerprint density at radius 1 is 1.55 bits per heavy atom. The van der Waals surface area contributed by atoms with Gasteiger partial charge in [-0.05, 0) is 32.6 Å². The van der Waals surface area contributed by atoms with Gasteiger partial charge in [0.25, 0.3) is 5.97 Å². The van der Waals surface area contributed by atoms with Crippen LogP contribution in [0.2, 0.25) is 6.32 Å². The normalized spacial score (nSPS) is 21.5. The van der Waals surface area contributed by atoms with E-state index in [4.69, 9.17) is 12.6 Å². The van der Waals surface area contributed by atoms with E-state index in [2.05, 4.69) is 0 Å². The zero-order valence-electron chi connectivity index (χ0n) is 6.93. The number of hydrogen-bond acceptors (Lipinski definition) is 2. The molecule has 0 spiro atoms. The Balaban J connectivity index is 2.39. The molecule has 3 heteroatoms. The zero-order chi connectivity index (χ0) is 8.32. The third-order valence-electron chi connectivity index (χ3n) is 2.19. The predicted molar refractivity (Wildman–Crippen MR) is 43.5 cm³/mol. The standard InChI is InChI=1S/C8H13BO2/c1-8(4-2-3-5-8)11-7(10)6-9/h2-6H2,1H3. The van der Waals surface area contributed by atoms with Crippen LogP contribution in [0.3, 0.4) is 0 Å². The topological polar surface area (TPSA) is 26.3 Å². The van der Waals surface area contributed by atoms with E-state index in [0.29, 0.717) is 0 Å². The van der Waals surface area contributed by atoms with E-state index < -0.39 is 0 Å². The van der Waals surface area contributed by atoms with Gasteiger partial charge < -0.3 is 4.74 Å². The van der Waals surface area contributed by atoms with Gasteiger partial charge in [0, 0.05) is 6.32 Å². The minimum Gasteiger partial charge on any atom is -0.460 e. The Labute approximate surface area is 68.7 Å². The van der Waals surface area contributed by atoms with Gasteiger partial charge in [-0.25, -0.2) is 0 Å². The van der Waals surface area contributed by atoms with Gasteiger partial charge in [-0.1, -0.05) is 0 Å². The monoisotopic (exact) mass is 152 g/mol. The molecule has 1 fully saturated rings. The number of carbonyl (C=O) groups excluding carboxylic acids is 1. The molecular formula is C8H13BO2. The lowest BCUT2D eigenvalue weighted by Gasteiger charge is -2.23. The number of rotatable bonds is 2. The lowest BCUT2D eigenvalue weighted by Crippen LogP contribution is -2.27. The molecule has 1 aliphatic rings. The Morgan fingerprint density at radius 2 is 2.09 bits per heavy atom. The number of carbonyl (C=O) groups is 1. The smallest absolute Gasteiger partial charge is 0.297 e. The van der Waals surface area contributed by atoms with Crippen molar-refractivity contribution in [1.82, 2.24) is 0 Å². The molecule has 60 valence electrons. The molecule has 11 heavy (non-hydrogen) atoms. The Kier molecular flexibility index (Phi) is 2.58. The van der Waals surface area contributed by atoms with E-state index in [9.17, 15) is 4.79 Å². The molecule has 0 aromatic carbocycles. The molecule has 0 unspecified atom stereocenters. The largest absolute Gasteiger partial charge is 0.460 e. The van der Waals surface area contributed by atoms with E-state index in [1.54, 1.807) is 0 Å². The summed E-state index contributed by atoms with van der Waals surface area (Å²) >= 11 is 0. The second kappa shape index (κ2) is 3.29. The summed E-state index contributed by atoms with van der Waals surface area (Å²) in [7, 11) is 5.13. The van der Waals surface area contributed by atoms with E-state index in [1.807, 2.05) is 6.92 Å². The zero-order valence-corrected chi connectivity index (χ0v) is 6.93. The van der Waals surface area contributed by atoms with Crippen LogP contribution < -0.4 is 0 Å². The van der Waals surface area contributed by atoms with E-state index in [1.165, 1.54) is 0 Å². The van der Waals surface area contributed by atoms with Crippen LogP contribution in [-0.4, -0.2) is 19.4 Å². The fourth-order valence-electron chi connectivity index (χ4n) is 1.54. The van der Waals surface area contributed by atoms with Crippen LogP contribution >= 0.6 is 0 Å². The van der Waals surface area contributed by atoms with Crippen LogP contribution in [-0.2, 0) is 9.53 Å². The van der Waals surface area contributed by atoms with Crippen LogP contribution in [0, 0.1) is 0 Å². The molecule has 2 nitrogen and oxygen atoms in total. The molecule has 1 rings (SSSR count). The third-order valence-corrected chi connectivity index (χ3v) is 2.19. The van der Waals surface area contributed by atoms with Gasteiger partial charge in [0.2, 0.25) is 0 Å². The first-order valence-corrected chi connectivity index (χ1v) is 4.08. The molecule has 0 bridgehead atoms. The molecule has 0 aromatic rings. The molecule has 0 amide bonds. The summed E-state index contributed by atoms with van der Waals surface area (Å²) in [5.41, 5.74) is -0.212. The van der Waals surface area contributed by atoms with Crippen molar-refractivity contribution in [1.29, 1.82) is 0 Å². The predicted octanol–water partition coefficient (Wildman–Crippen LogP) is 1.45. The molecule has 0 aromatic heterocycles. The quantitative estimate of drug-likeness (QED) is 0.442. The van der Waals surface area contributed by atoms with Crippen molar-refractivity contribution in [2.75, 3.05) is 0 Å². The Hall–Kier alpha value is -0.465. The van der Waals surface area contributed by atoms with Crippen LogP contribution in [0.25, 0.3) is 0 Å². The highest BCUT2D eigenvalue weighted by Crippen LogP contribution is 2.32. The maximum absolute atomic E-state index is 10.8. The van der Waals surface area contributed by atoms with E-state index >= 15 is 0 Å². The van der Waals surface area contributed by atoms with Gasteiger partial charge in [-0.15, -0.1) is 0 Å². The molecular weight excluding hydrogens is 139 g/mol. The van der Waals surface area contributed by atoms with Gasteiger partial charge in [-0.2, -0.15) is 0 Å². The maximum atomic E-state index is 10.8. The van der Waals surface area contributed by atoms with Gasteiger partial charge in [0.05, 0.1) is 7.85 Å². The van der Waals surface area contributed by atoms with Crippen LogP contribution in [0.1, 0.15) is 32.6 Å². The van der Waals surface area contributed by atoms with Crippen LogP contribution in [0.4, 0.5) is 0 Å². The van der Waals surface area contributed by atoms with Crippen molar-refractivity contribution in [3.05, 3.63) is 0 Å². The first kappa shape index (κ1) is 8.63. The van der Waals surface area contributed by atoms with E-state index in [0.717, 1.165) is 25.7 Å². The minimum absolute atomic E-state index is 0.00438. The second-order valence-corrected chi connectivity index (χ2v) is 3.34. The first-order chi connectivity index (χ1) is 5.16. The molecule has 1 saturated carbocycles. The third kappa shape index (κ3) is 2.24. The highest BCUT2D eigenvalue weighted by Gasteiger charge is 2.31. The number of hydrogen-bond donors (Lipinski definition) is 0. The Bertz CT molecular complexity index is 150. The average Bonchev–Trinajstić information content (AvgIpc) is 2.36. The minimum atomic E-state index is -0.283. The van der Waals surface area contributed by atoms with Gasteiger partial charge in [-0.3, -0.25) is 4.79 Å². The highest BCUT2D eigenvalue weighted by atomic mass is 16.6. The van der Waals surface area contributed by atoms with Crippen LogP contribution in [0.15, 0.2) is 0 Å². The summed E-state index contributed by atoms with van der Waals surface area (Å²) in [4.78, 5) is 10.8. The second-order valence-electron chi connectivity index (χ2n) is 3.34. The van der Waals surface area contributed by atoms with Gasteiger partial charge >= 0.3 is 0 Å². The van der Waals surface area contributed by atoms with Crippen molar-refractivity contribution in [3.63, 3.8) is 0 Å². The summed E-state index contributed by atoms with van der Waals surface area (Å²) in [6.07, 6.45) is 4.29. The summed E-state index contributed by atoms with van der Waals surface area (Å²) in [6.45, 7) is 1.98. The summed E-state index contributed by atoms with van der Waals surface area (Å²) in [5.74, 6) is -0.283. The van der Waals surface area contributed by atoms with E-state index in [-0.39, 0.29) is 17.9 Å². The molecule has 0 N–H and O–H groups in total. The maximum Gasteiger partial charge on any atom is 0.297 e. The molecule has 0 atom stereocenters. The van der Waals surface area contributed by atoms with Crippen molar-refractivity contribution >= 4 is 13.8 Å². The Morgan fingerprint density at radius 3 is 2.55 bits per heavy atom. The summed E-state index contributed by atoms with van der Waals surface area (Å²) in [6, 6.07) is 0. The molecule has 2 radical (unpaired) electrons. The molecule has 0 aliphatic heterocycles. The lowest BCUT2D eigenvalue weighted by molar-refractivity contribution is -0.154. The van der Waals surface area contributed by atoms with Crippen molar-refractivity contribution in [2.45, 2.75) is 44.5 Å².